The maximum absolute atomic E-state index is 13.7. The highest BCUT2D eigenvalue weighted by molar-refractivity contribution is 7.98. The van der Waals surface area contributed by atoms with Gasteiger partial charge >= 0.3 is 0 Å². The number of alkyl halides is 2. The molecule has 1 fully saturated rings. The van der Waals surface area contributed by atoms with E-state index in [9.17, 15) is 8.78 Å². The summed E-state index contributed by atoms with van der Waals surface area (Å²) in [6.07, 6.45) is -1.05. The summed E-state index contributed by atoms with van der Waals surface area (Å²) in [5.74, 6) is 0.834. The minimum atomic E-state index is -2.57. The molecular weight excluding hydrogens is 452 g/mol. The van der Waals surface area contributed by atoms with E-state index in [4.69, 9.17) is 16.3 Å². The van der Waals surface area contributed by atoms with Gasteiger partial charge in [0.2, 0.25) is 0 Å². The third-order valence-corrected chi connectivity index (χ3v) is 7.06. The maximum Gasteiger partial charge on any atom is 0.265 e. The highest BCUT2D eigenvalue weighted by Crippen LogP contribution is 2.44. The third kappa shape index (κ3) is 3.78. The Hall–Kier alpha value is -2.48. The number of benzene rings is 3. The van der Waals surface area contributed by atoms with Crippen molar-refractivity contribution in [2.24, 2.45) is 0 Å². The highest BCUT2D eigenvalue weighted by atomic mass is 35.5. The Kier molecular flexibility index (Phi) is 5.88. The van der Waals surface area contributed by atoms with Crippen LogP contribution in [0.5, 0.6) is 5.75 Å². The monoisotopic (exact) mass is 473 g/mol. The van der Waals surface area contributed by atoms with Gasteiger partial charge in [-0.3, -0.25) is 3.97 Å². The van der Waals surface area contributed by atoms with Crippen molar-refractivity contribution in [1.29, 1.82) is 0 Å². The van der Waals surface area contributed by atoms with E-state index in [1.54, 1.807) is 29.3 Å². The van der Waals surface area contributed by atoms with Crippen LogP contribution in [0.25, 0.3) is 21.7 Å². The summed E-state index contributed by atoms with van der Waals surface area (Å²) >= 11 is 7.62. The van der Waals surface area contributed by atoms with Crippen molar-refractivity contribution in [3.8, 4) is 5.75 Å². The molecule has 0 amide bonds. The molecule has 1 aliphatic heterocycles. The molecule has 0 aliphatic carbocycles. The minimum absolute atomic E-state index is 0.00399. The first-order valence-electron chi connectivity index (χ1n) is 10.4. The predicted molar refractivity (Wildman–Crippen MR) is 129 cm³/mol. The van der Waals surface area contributed by atoms with E-state index in [0.717, 1.165) is 53.3 Å². The molecule has 166 valence electrons. The second kappa shape index (κ2) is 8.81. The fourth-order valence-corrected chi connectivity index (χ4v) is 5.52. The summed E-state index contributed by atoms with van der Waals surface area (Å²) < 4.78 is 35.1. The number of hydrogen-bond acceptors (Lipinski definition) is 4. The van der Waals surface area contributed by atoms with Crippen LogP contribution in [0.2, 0.25) is 5.02 Å². The van der Waals surface area contributed by atoms with Gasteiger partial charge in [0.25, 0.3) is 6.43 Å². The summed E-state index contributed by atoms with van der Waals surface area (Å²) in [5.41, 5.74) is 1.68. The van der Waals surface area contributed by atoms with Crippen molar-refractivity contribution in [3.05, 3.63) is 65.3 Å². The van der Waals surface area contributed by atoms with Gasteiger partial charge < -0.3 is 15.0 Å². The molecule has 1 N–H and O–H groups in total. The summed E-state index contributed by atoms with van der Waals surface area (Å²) in [7, 11) is 1.69. The first-order valence-corrected chi connectivity index (χ1v) is 11.5. The summed E-state index contributed by atoms with van der Waals surface area (Å²) in [6.45, 7) is 3.54. The lowest BCUT2D eigenvalue weighted by Crippen LogP contribution is -2.43. The lowest BCUT2D eigenvalue weighted by atomic mass is 10.1. The van der Waals surface area contributed by atoms with Gasteiger partial charge in [-0.15, -0.1) is 0 Å². The van der Waals surface area contributed by atoms with E-state index in [2.05, 4.69) is 16.3 Å². The van der Waals surface area contributed by atoms with Crippen LogP contribution >= 0.6 is 23.5 Å². The molecule has 5 rings (SSSR count). The first kappa shape index (κ1) is 21.4. The Morgan fingerprint density at radius 1 is 1.03 bits per heavy atom. The Morgan fingerprint density at radius 2 is 1.78 bits per heavy atom. The van der Waals surface area contributed by atoms with Gasteiger partial charge in [-0.2, -0.15) is 0 Å². The van der Waals surface area contributed by atoms with E-state index < -0.39 is 6.43 Å². The van der Waals surface area contributed by atoms with Gasteiger partial charge in [0, 0.05) is 64.0 Å². The molecule has 1 aromatic heterocycles. The lowest BCUT2D eigenvalue weighted by Gasteiger charge is -2.31. The molecular formula is C24H22ClF2N3OS. The average Bonchev–Trinajstić information content (AvgIpc) is 3.17. The fraction of sp³-hybridized carbons (Fsp3) is 0.250. The first-order chi connectivity index (χ1) is 15.6. The molecule has 4 nitrogen and oxygen atoms in total. The van der Waals surface area contributed by atoms with Gasteiger partial charge in [-0.05, 0) is 30.1 Å². The number of methoxy groups -OCH3 is 1. The molecule has 0 unspecified atom stereocenters. The highest BCUT2D eigenvalue weighted by Gasteiger charge is 2.22. The van der Waals surface area contributed by atoms with Crippen LogP contribution in [0.1, 0.15) is 12.0 Å². The fourth-order valence-electron chi connectivity index (χ4n) is 4.28. The minimum Gasteiger partial charge on any atom is -0.494 e. The molecule has 0 atom stereocenters. The normalized spacial score (nSPS) is 14.6. The number of ether oxygens (including phenoxy) is 1. The third-order valence-electron chi connectivity index (χ3n) is 5.80. The van der Waals surface area contributed by atoms with E-state index >= 15 is 0 Å². The number of rotatable bonds is 5. The molecule has 0 radical (unpaired) electrons. The smallest absolute Gasteiger partial charge is 0.265 e. The standard InChI is InChI=1S/C24H22ClF2N3OS/c1-31-23-18-5-3-2-4-17(18)22(13-21(23)29-10-8-28-9-11-29)32-30-14-19(24(26)27)16-7-6-15(25)12-20(16)30/h2-7,12-14,24,28H,8-11H2,1H3. The topological polar surface area (TPSA) is 29.4 Å². The Balaban J connectivity index is 1.69. The van der Waals surface area contributed by atoms with Crippen molar-refractivity contribution in [3.63, 3.8) is 0 Å². The van der Waals surface area contributed by atoms with Crippen LogP contribution in [0, 0.1) is 0 Å². The quantitative estimate of drug-likeness (QED) is 0.365. The predicted octanol–water partition coefficient (Wildman–Crippen LogP) is 6.36. The Morgan fingerprint density at radius 3 is 2.50 bits per heavy atom. The second-order valence-electron chi connectivity index (χ2n) is 7.67. The SMILES string of the molecule is COc1c(N2CCNCC2)cc(Sn2cc(C(F)F)c3ccc(Cl)cc32)c2ccccc12. The molecule has 1 aliphatic rings. The molecule has 0 bridgehead atoms. The second-order valence-corrected chi connectivity index (χ2v) is 9.13. The van der Waals surface area contributed by atoms with Gasteiger partial charge in [-0.1, -0.05) is 41.9 Å². The molecule has 4 aromatic rings. The molecule has 2 heterocycles. The molecule has 1 saturated heterocycles. The molecule has 0 spiro atoms. The zero-order chi connectivity index (χ0) is 22.2. The number of piperazine rings is 1. The number of aromatic nitrogens is 1. The van der Waals surface area contributed by atoms with Gasteiger partial charge in [0.05, 0.1) is 18.3 Å². The van der Waals surface area contributed by atoms with Crippen molar-refractivity contribution in [1.82, 2.24) is 9.29 Å². The van der Waals surface area contributed by atoms with Crippen LogP contribution in [0.3, 0.4) is 0 Å². The van der Waals surface area contributed by atoms with Crippen molar-refractivity contribution < 1.29 is 13.5 Å². The zero-order valence-electron chi connectivity index (χ0n) is 17.4. The van der Waals surface area contributed by atoms with Crippen LogP contribution < -0.4 is 15.0 Å². The number of halogens is 3. The van der Waals surface area contributed by atoms with Gasteiger partial charge in [-0.25, -0.2) is 8.78 Å². The zero-order valence-corrected chi connectivity index (χ0v) is 19.0. The summed E-state index contributed by atoms with van der Waals surface area (Å²) in [4.78, 5) is 3.27. The molecule has 3 aromatic carbocycles. The number of nitrogens with one attached hydrogen (secondary N) is 1. The number of fused-ring (bicyclic) bond motifs is 2. The van der Waals surface area contributed by atoms with Crippen molar-refractivity contribution in [2.45, 2.75) is 11.3 Å². The van der Waals surface area contributed by atoms with E-state index in [-0.39, 0.29) is 5.56 Å². The maximum atomic E-state index is 13.7. The van der Waals surface area contributed by atoms with E-state index in [0.29, 0.717) is 15.9 Å². The number of nitrogens with zero attached hydrogens (tertiary/aromatic N) is 2. The lowest BCUT2D eigenvalue weighted by molar-refractivity contribution is 0.153. The Bertz CT molecular complexity index is 1290. The van der Waals surface area contributed by atoms with Crippen LogP contribution in [-0.4, -0.2) is 37.3 Å². The van der Waals surface area contributed by atoms with Crippen LogP contribution in [0.4, 0.5) is 14.5 Å². The molecule has 8 heteroatoms. The van der Waals surface area contributed by atoms with E-state index in [1.807, 2.05) is 24.3 Å². The summed E-state index contributed by atoms with van der Waals surface area (Å²) in [6, 6.07) is 15.2. The summed E-state index contributed by atoms with van der Waals surface area (Å²) in [5, 5.41) is 6.41. The largest absolute Gasteiger partial charge is 0.494 e. The van der Waals surface area contributed by atoms with Crippen LogP contribution in [0.15, 0.2) is 59.6 Å². The Labute approximate surface area is 194 Å². The van der Waals surface area contributed by atoms with Gasteiger partial charge in [0.1, 0.15) is 5.75 Å². The van der Waals surface area contributed by atoms with E-state index in [1.165, 1.54) is 18.1 Å². The number of hydrogen-bond donors (Lipinski definition) is 1. The number of anilines is 1. The van der Waals surface area contributed by atoms with Crippen LogP contribution in [-0.2, 0) is 0 Å². The molecule has 32 heavy (non-hydrogen) atoms. The average molecular weight is 474 g/mol. The molecule has 0 saturated carbocycles. The van der Waals surface area contributed by atoms with Crippen molar-refractivity contribution in [2.75, 3.05) is 38.2 Å². The van der Waals surface area contributed by atoms with Gasteiger partial charge in [0.15, 0.2) is 0 Å². The van der Waals surface area contributed by atoms with Crippen molar-refractivity contribution >= 4 is 50.9 Å².